The average Bonchev–Trinajstić information content (AvgIpc) is 2.68. The van der Waals surface area contributed by atoms with Gasteiger partial charge in [0.15, 0.2) is 0 Å². The average molecular weight is 324 g/mol. The lowest BCUT2D eigenvalue weighted by atomic mass is 9.73. The molecule has 0 aliphatic heterocycles. The van der Waals surface area contributed by atoms with Crippen LogP contribution in [-0.4, -0.2) is 23.5 Å². The van der Waals surface area contributed by atoms with Gasteiger partial charge in [0.2, 0.25) is 0 Å². The first-order valence-electron chi connectivity index (χ1n) is 8.16. The van der Waals surface area contributed by atoms with Gasteiger partial charge in [-0.2, -0.15) is 12.6 Å². The van der Waals surface area contributed by atoms with Crippen LogP contribution in [0.1, 0.15) is 45.4 Å². The van der Waals surface area contributed by atoms with Crippen molar-refractivity contribution in [2.75, 3.05) is 0 Å². The maximum Gasteiger partial charge on any atom is 0.257 e. The fourth-order valence-electron chi connectivity index (χ4n) is 5.04. The summed E-state index contributed by atoms with van der Waals surface area (Å²) in [6, 6.07) is 0. The molecule has 5 heteroatoms. The van der Waals surface area contributed by atoms with E-state index in [1.165, 1.54) is 0 Å². The number of halogens is 4. The molecule has 0 nitrogen and oxygen atoms in total. The molecule has 3 rings (SSSR count). The third-order valence-corrected chi connectivity index (χ3v) is 6.70. The van der Waals surface area contributed by atoms with E-state index in [4.69, 9.17) is 0 Å². The lowest BCUT2D eigenvalue weighted by molar-refractivity contribution is -0.145. The van der Waals surface area contributed by atoms with Crippen molar-refractivity contribution in [3.63, 3.8) is 0 Å². The Kier molecular flexibility index (Phi) is 4.26. The Hall–Kier alpha value is 0.0700. The molecule has 6 unspecified atom stereocenters. The molecule has 3 saturated carbocycles. The van der Waals surface area contributed by atoms with Gasteiger partial charge in [0.25, 0.3) is 5.92 Å². The number of hydrogen-bond acceptors (Lipinski definition) is 1. The summed E-state index contributed by atoms with van der Waals surface area (Å²) in [4.78, 5) is 0. The predicted octanol–water partition coefficient (Wildman–Crippen LogP) is 5.08. The molecule has 0 bridgehead atoms. The molecule has 0 radical (unpaired) electrons. The summed E-state index contributed by atoms with van der Waals surface area (Å²) in [6.07, 6.45) is 0.258. The highest BCUT2D eigenvalue weighted by molar-refractivity contribution is 7.80. The van der Waals surface area contributed by atoms with Crippen molar-refractivity contribution in [2.45, 2.75) is 69.0 Å². The van der Waals surface area contributed by atoms with E-state index in [2.05, 4.69) is 12.6 Å². The van der Waals surface area contributed by atoms with E-state index in [9.17, 15) is 17.6 Å². The molecule has 0 aromatic heterocycles. The topological polar surface area (TPSA) is 0 Å². The first-order valence-corrected chi connectivity index (χ1v) is 8.68. The first kappa shape index (κ1) is 15.9. The SMILES string of the molecule is CC1CC2CC(C3CCC(S)CC3)C(F)(F)C2C(F)C1F. The minimum atomic E-state index is -3.05. The smallest absolute Gasteiger partial charge is 0.244 e. The van der Waals surface area contributed by atoms with Gasteiger partial charge in [-0.05, 0) is 56.3 Å². The molecule has 0 heterocycles. The normalized spacial score (nSPS) is 53.4. The molecule has 0 saturated heterocycles. The lowest BCUT2D eigenvalue weighted by Crippen LogP contribution is -2.48. The highest BCUT2D eigenvalue weighted by Gasteiger charge is 2.65. The highest BCUT2D eigenvalue weighted by atomic mass is 32.1. The van der Waals surface area contributed by atoms with Crippen LogP contribution in [-0.2, 0) is 0 Å². The van der Waals surface area contributed by atoms with Crippen molar-refractivity contribution < 1.29 is 17.6 Å². The van der Waals surface area contributed by atoms with E-state index in [1.54, 1.807) is 6.92 Å². The molecular formula is C16H24F4S. The van der Waals surface area contributed by atoms with Crippen LogP contribution >= 0.6 is 12.6 Å². The first-order chi connectivity index (χ1) is 9.82. The van der Waals surface area contributed by atoms with E-state index in [-0.39, 0.29) is 11.8 Å². The molecule has 3 aliphatic carbocycles. The summed E-state index contributed by atoms with van der Waals surface area (Å²) in [5, 5.41) is 0.308. The zero-order valence-electron chi connectivity index (χ0n) is 12.3. The zero-order chi connectivity index (χ0) is 15.4. The summed E-state index contributed by atoms with van der Waals surface area (Å²) in [5.41, 5.74) is 0. The quantitative estimate of drug-likeness (QED) is 0.505. The minimum Gasteiger partial charge on any atom is -0.244 e. The third kappa shape index (κ3) is 2.61. The monoisotopic (exact) mass is 324 g/mol. The second kappa shape index (κ2) is 5.61. The van der Waals surface area contributed by atoms with Gasteiger partial charge in [-0.3, -0.25) is 0 Å². The summed E-state index contributed by atoms with van der Waals surface area (Å²) in [5.74, 6) is -6.05. The Balaban J connectivity index is 1.79. The van der Waals surface area contributed by atoms with Crippen LogP contribution in [0, 0.1) is 29.6 Å². The van der Waals surface area contributed by atoms with Gasteiger partial charge >= 0.3 is 0 Å². The Morgan fingerprint density at radius 1 is 0.905 bits per heavy atom. The molecule has 0 aromatic carbocycles. The zero-order valence-corrected chi connectivity index (χ0v) is 13.2. The summed E-state index contributed by atoms with van der Waals surface area (Å²) < 4.78 is 57.6. The van der Waals surface area contributed by atoms with Gasteiger partial charge in [0.1, 0.15) is 12.3 Å². The van der Waals surface area contributed by atoms with Crippen LogP contribution in [0.15, 0.2) is 0 Å². The van der Waals surface area contributed by atoms with Gasteiger partial charge < -0.3 is 0 Å². The molecule has 6 atom stereocenters. The van der Waals surface area contributed by atoms with Crippen molar-refractivity contribution >= 4 is 12.6 Å². The van der Waals surface area contributed by atoms with Crippen LogP contribution < -0.4 is 0 Å². The van der Waals surface area contributed by atoms with Crippen LogP contribution in [0.4, 0.5) is 17.6 Å². The second-order valence-electron chi connectivity index (χ2n) is 7.47. The van der Waals surface area contributed by atoms with Crippen molar-refractivity contribution in [1.29, 1.82) is 0 Å². The van der Waals surface area contributed by atoms with Crippen LogP contribution in [0.2, 0.25) is 0 Å². The molecule has 122 valence electrons. The highest BCUT2D eigenvalue weighted by Crippen LogP contribution is 2.60. The fraction of sp³-hybridized carbons (Fsp3) is 1.00. The van der Waals surface area contributed by atoms with Crippen LogP contribution in [0.25, 0.3) is 0 Å². The largest absolute Gasteiger partial charge is 0.257 e. The number of fused-ring (bicyclic) bond motifs is 1. The Bertz CT molecular complexity index is 380. The van der Waals surface area contributed by atoms with Crippen molar-refractivity contribution in [1.82, 2.24) is 0 Å². The minimum absolute atomic E-state index is 0.0467. The number of thiol groups is 1. The van der Waals surface area contributed by atoms with Crippen molar-refractivity contribution in [3.8, 4) is 0 Å². The van der Waals surface area contributed by atoms with Crippen LogP contribution in [0.3, 0.4) is 0 Å². The molecule has 3 aliphatic rings. The van der Waals surface area contributed by atoms with Gasteiger partial charge in [0, 0.05) is 11.2 Å². The molecular weight excluding hydrogens is 300 g/mol. The molecule has 21 heavy (non-hydrogen) atoms. The molecule has 0 aromatic rings. The third-order valence-electron chi connectivity index (χ3n) is 6.18. The van der Waals surface area contributed by atoms with E-state index < -0.39 is 36.0 Å². The Morgan fingerprint density at radius 2 is 1.52 bits per heavy atom. The molecule has 0 spiro atoms. The van der Waals surface area contributed by atoms with Gasteiger partial charge in [-0.1, -0.05) is 6.92 Å². The molecule has 3 fully saturated rings. The molecule has 0 amide bonds. The Morgan fingerprint density at radius 3 is 2.14 bits per heavy atom. The molecule has 0 N–H and O–H groups in total. The van der Waals surface area contributed by atoms with Gasteiger partial charge in [0.05, 0.1) is 5.92 Å². The number of alkyl halides is 4. The summed E-state index contributed by atoms with van der Waals surface area (Å²) >= 11 is 4.41. The number of rotatable bonds is 1. The Labute approximate surface area is 129 Å². The maximum atomic E-state index is 14.8. The predicted molar refractivity (Wildman–Crippen MR) is 78.3 cm³/mol. The standard InChI is InChI=1S/C16H24F4S/c1-8-6-10-7-12(9-2-4-11(21)5-3-9)16(19,20)13(10)15(18)14(8)17/h8-15,21H,2-7H2,1H3. The van der Waals surface area contributed by atoms with Crippen molar-refractivity contribution in [3.05, 3.63) is 0 Å². The fourth-order valence-corrected chi connectivity index (χ4v) is 5.33. The summed E-state index contributed by atoms with van der Waals surface area (Å²) in [6.45, 7) is 1.64. The lowest BCUT2D eigenvalue weighted by Gasteiger charge is -2.39. The number of hydrogen-bond donors (Lipinski definition) is 1. The van der Waals surface area contributed by atoms with Crippen molar-refractivity contribution in [2.24, 2.45) is 29.6 Å². The van der Waals surface area contributed by atoms with Crippen LogP contribution in [0.5, 0.6) is 0 Å². The second-order valence-corrected chi connectivity index (χ2v) is 8.20. The maximum absolute atomic E-state index is 14.8. The van der Waals surface area contributed by atoms with Gasteiger partial charge in [-0.15, -0.1) is 0 Å². The summed E-state index contributed by atoms with van der Waals surface area (Å²) in [7, 11) is 0. The van der Waals surface area contributed by atoms with E-state index in [0.717, 1.165) is 25.7 Å². The van der Waals surface area contributed by atoms with E-state index in [0.29, 0.717) is 18.1 Å². The van der Waals surface area contributed by atoms with E-state index in [1.807, 2.05) is 0 Å². The van der Waals surface area contributed by atoms with Gasteiger partial charge in [-0.25, -0.2) is 17.6 Å². The van der Waals surface area contributed by atoms with E-state index >= 15 is 0 Å².